The van der Waals surface area contributed by atoms with Crippen LogP contribution in [0.2, 0.25) is 0 Å². The summed E-state index contributed by atoms with van der Waals surface area (Å²) in [6, 6.07) is 7.31. The van der Waals surface area contributed by atoms with E-state index in [4.69, 9.17) is 15.2 Å². The van der Waals surface area contributed by atoms with E-state index in [-0.39, 0.29) is 39.3 Å². The lowest BCUT2D eigenvalue weighted by Gasteiger charge is -2.18. The lowest BCUT2D eigenvalue weighted by Crippen LogP contribution is -2.24. The van der Waals surface area contributed by atoms with Crippen LogP contribution in [-0.2, 0) is 9.47 Å². The van der Waals surface area contributed by atoms with Gasteiger partial charge in [0.15, 0.2) is 0 Å². The molecule has 3 N–H and O–H groups in total. The molecule has 1 aromatic carbocycles. The molecule has 0 atom stereocenters. The van der Waals surface area contributed by atoms with Crippen molar-refractivity contribution in [1.29, 1.82) is 0 Å². The van der Waals surface area contributed by atoms with Crippen LogP contribution in [0.5, 0.6) is 0 Å². The number of aromatic nitrogens is 2. The third kappa shape index (κ3) is 3.62. The van der Waals surface area contributed by atoms with Crippen LogP contribution in [-0.4, -0.2) is 47.5 Å². The molecule has 0 saturated carbocycles. The summed E-state index contributed by atoms with van der Waals surface area (Å²) in [6.07, 6.45) is 0. The second-order valence-corrected chi connectivity index (χ2v) is 7.72. The van der Waals surface area contributed by atoms with Crippen LogP contribution in [0, 0.1) is 13.8 Å². The third-order valence-corrected chi connectivity index (χ3v) is 5.68. The van der Waals surface area contributed by atoms with Crippen LogP contribution in [0.4, 0.5) is 5.82 Å². The molecule has 11 nitrogen and oxygen atoms in total. The Morgan fingerprint density at radius 2 is 1.51 bits per heavy atom. The van der Waals surface area contributed by atoms with Crippen LogP contribution in [0.25, 0.3) is 16.8 Å². The molecule has 0 saturated heterocycles. The highest BCUT2D eigenvalue weighted by atomic mass is 16.5. The number of pyridine rings is 2. The topological polar surface area (TPSA) is 160 Å². The summed E-state index contributed by atoms with van der Waals surface area (Å²) in [6.45, 7) is 3.21. The van der Waals surface area contributed by atoms with Crippen molar-refractivity contribution in [3.8, 4) is 16.8 Å². The number of fused-ring (bicyclic) bond motifs is 1. The zero-order valence-corrected chi connectivity index (χ0v) is 19.2. The Hall–Kier alpha value is -4.80. The van der Waals surface area contributed by atoms with Crippen molar-refractivity contribution >= 4 is 29.6 Å². The average Bonchev–Trinajstić information content (AvgIpc) is 3.10. The number of benzene rings is 1. The minimum atomic E-state index is -0.718. The number of imide groups is 1. The van der Waals surface area contributed by atoms with Crippen LogP contribution >= 0.6 is 0 Å². The summed E-state index contributed by atoms with van der Waals surface area (Å²) in [4.78, 5) is 66.8. The first-order chi connectivity index (χ1) is 16.6. The number of hydrogen-bond acceptors (Lipinski definition) is 9. The van der Waals surface area contributed by atoms with Crippen molar-refractivity contribution < 1.29 is 28.7 Å². The molecule has 2 amide bonds. The number of carbonyl (C=O) groups is 4. The van der Waals surface area contributed by atoms with Crippen molar-refractivity contribution in [3.63, 3.8) is 0 Å². The van der Waals surface area contributed by atoms with E-state index >= 15 is 0 Å². The zero-order valence-electron chi connectivity index (χ0n) is 19.2. The Bertz CT molecular complexity index is 1480. The van der Waals surface area contributed by atoms with Gasteiger partial charge in [0, 0.05) is 11.6 Å². The lowest BCUT2D eigenvalue weighted by molar-refractivity contribution is 0.0598. The molecule has 178 valence electrons. The van der Waals surface area contributed by atoms with E-state index in [9.17, 15) is 24.0 Å². The van der Waals surface area contributed by atoms with Gasteiger partial charge in [-0.2, -0.15) is 0 Å². The van der Waals surface area contributed by atoms with E-state index in [0.29, 0.717) is 17.0 Å². The van der Waals surface area contributed by atoms with E-state index in [1.807, 2.05) is 0 Å². The van der Waals surface area contributed by atoms with Gasteiger partial charge < -0.3 is 15.2 Å². The summed E-state index contributed by atoms with van der Waals surface area (Å²) in [5.74, 6) is -3.08. The number of nitrogens with one attached hydrogen (secondary N) is 1. The molecule has 0 unspecified atom stereocenters. The fourth-order valence-electron chi connectivity index (χ4n) is 4.19. The van der Waals surface area contributed by atoms with Gasteiger partial charge in [-0.05, 0) is 31.5 Å². The fourth-order valence-corrected chi connectivity index (χ4v) is 4.19. The highest BCUT2D eigenvalue weighted by Crippen LogP contribution is 2.34. The molecule has 0 spiro atoms. The Morgan fingerprint density at radius 3 is 2.09 bits per heavy atom. The summed E-state index contributed by atoms with van der Waals surface area (Å²) >= 11 is 0. The van der Waals surface area contributed by atoms with Gasteiger partial charge in [0.05, 0.1) is 53.5 Å². The van der Waals surface area contributed by atoms with Crippen molar-refractivity contribution in [1.82, 2.24) is 14.9 Å². The quantitative estimate of drug-likeness (QED) is 0.421. The zero-order chi connectivity index (χ0) is 25.6. The number of rotatable bonds is 4. The van der Waals surface area contributed by atoms with Crippen LogP contribution < -0.4 is 16.6 Å². The van der Waals surface area contributed by atoms with Gasteiger partial charge in [-0.25, -0.2) is 9.59 Å². The van der Waals surface area contributed by atoms with Crippen LogP contribution in [0.15, 0.2) is 35.1 Å². The molecule has 3 heterocycles. The normalized spacial score (nSPS) is 12.2. The molecule has 0 aliphatic carbocycles. The van der Waals surface area contributed by atoms with E-state index in [0.717, 1.165) is 10.6 Å². The van der Waals surface area contributed by atoms with Crippen LogP contribution in [0.1, 0.15) is 52.8 Å². The number of nitrogens with zero attached hydrogens (tertiary/aromatic N) is 2. The molecular weight excluding hydrogens is 456 g/mol. The maximum atomic E-state index is 12.9. The molecule has 0 fully saturated rings. The molecule has 1 aliphatic heterocycles. The number of nitrogens with two attached hydrogens (primary N) is 1. The highest BCUT2D eigenvalue weighted by Gasteiger charge is 2.32. The number of methoxy groups -OCH3 is 2. The predicted molar refractivity (Wildman–Crippen MR) is 124 cm³/mol. The molecule has 1 aliphatic rings. The summed E-state index contributed by atoms with van der Waals surface area (Å²) < 4.78 is 10.9. The van der Waals surface area contributed by atoms with Crippen molar-refractivity contribution in [3.05, 3.63) is 74.3 Å². The minimum Gasteiger partial charge on any atom is -0.465 e. The molecule has 0 radical (unpaired) electrons. The Kier molecular flexibility index (Phi) is 5.69. The first-order valence-electron chi connectivity index (χ1n) is 10.3. The molecule has 35 heavy (non-hydrogen) atoms. The molecule has 3 aromatic rings. The monoisotopic (exact) mass is 476 g/mol. The molecule has 0 bridgehead atoms. The largest absolute Gasteiger partial charge is 0.465 e. The van der Waals surface area contributed by atoms with Gasteiger partial charge in [-0.1, -0.05) is 12.1 Å². The van der Waals surface area contributed by atoms with Crippen molar-refractivity contribution in [2.45, 2.75) is 13.8 Å². The maximum absolute atomic E-state index is 12.9. The average molecular weight is 476 g/mol. The molecule has 2 aromatic heterocycles. The van der Waals surface area contributed by atoms with E-state index < -0.39 is 29.3 Å². The Labute approximate surface area is 198 Å². The molecule has 11 heteroatoms. The smallest absolute Gasteiger partial charge is 0.340 e. The Morgan fingerprint density at radius 1 is 0.914 bits per heavy atom. The van der Waals surface area contributed by atoms with Crippen LogP contribution in [0.3, 0.4) is 0 Å². The SMILES string of the molecule is COC(=O)c1c(C)nc(C)c(C(=O)OC)c1-c1cccc(-n2c(N)c3c(cc2=O)C(=O)NC3=O)c1. The number of aryl methyl sites for hydroxylation is 2. The standard InChI is InChI=1S/C24H20N4O7/c1-10-16(23(32)34-3)18(17(11(2)26-10)24(33)35-4)12-6-5-7-13(8-12)28-15(29)9-14-19(20(28)25)22(31)27-21(14)30/h5-9H,25H2,1-4H3,(H,27,30,31). The van der Waals surface area contributed by atoms with Gasteiger partial charge in [0.25, 0.3) is 17.4 Å². The summed E-state index contributed by atoms with van der Waals surface area (Å²) in [5.41, 5.74) is 6.84. The predicted octanol–water partition coefficient (Wildman–Crippen LogP) is 1.56. The number of carbonyl (C=O) groups excluding carboxylic acids is 4. The van der Waals surface area contributed by atoms with E-state index in [1.54, 1.807) is 32.0 Å². The van der Waals surface area contributed by atoms with Crippen molar-refractivity contribution in [2.24, 2.45) is 0 Å². The van der Waals surface area contributed by atoms with E-state index in [2.05, 4.69) is 10.3 Å². The summed E-state index contributed by atoms with van der Waals surface area (Å²) in [5, 5.41) is 2.11. The number of amides is 2. The number of esters is 2. The lowest BCUT2D eigenvalue weighted by atomic mass is 9.92. The van der Waals surface area contributed by atoms with E-state index in [1.165, 1.54) is 20.3 Å². The fraction of sp³-hybridized carbons (Fsp3) is 0.167. The second kappa shape index (κ2) is 8.52. The number of anilines is 1. The minimum absolute atomic E-state index is 0.0508. The van der Waals surface area contributed by atoms with Gasteiger partial charge in [0.1, 0.15) is 5.82 Å². The van der Waals surface area contributed by atoms with Crippen molar-refractivity contribution in [2.75, 3.05) is 20.0 Å². The second-order valence-electron chi connectivity index (χ2n) is 7.72. The first-order valence-corrected chi connectivity index (χ1v) is 10.3. The van der Waals surface area contributed by atoms with Gasteiger partial charge in [0.2, 0.25) is 0 Å². The number of ether oxygens (including phenoxy) is 2. The molecular formula is C24H20N4O7. The highest BCUT2D eigenvalue weighted by molar-refractivity contribution is 6.23. The first kappa shape index (κ1) is 23.4. The van der Waals surface area contributed by atoms with Gasteiger partial charge in [-0.15, -0.1) is 0 Å². The number of nitrogen functional groups attached to an aromatic ring is 1. The third-order valence-electron chi connectivity index (χ3n) is 5.68. The summed E-state index contributed by atoms with van der Waals surface area (Å²) in [7, 11) is 2.41. The number of hydrogen-bond donors (Lipinski definition) is 2. The molecule has 4 rings (SSSR count). The maximum Gasteiger partial charge on any atom is 0.340 e. The van der Waals surface area contributed by atoms with Gasteiger partial charge >= 0.3 is 11.9 Å². The Balaban J connectivity index is 2.04. The van der Waals surface area contributed by atoms with Gasteiger partial charge in [-0.3, -0.25) is 29.3 Å².